The van der Waals surface area contributed by atoms with E-state index in [1.807, 2.05) is 24.3 Å². The molecule has 0 bridgehead atoms. The first kappa shape index (κ1) is 15.0. The van der Waals surface area contributed by atoms with Gasteiger partial charge in [-0.2, -0.15) is 0 Å². The van der Waals surface area contributed by atoms with Crippen molar-refractivity contribution in [2.75, 3.05) is 19.6 Å². The third-order valence-electron chi connectivity index (χ3n) is 4.87. The van der Waals surface area contributed by atoms with E-state index < -0.39 is 0 Å². The number of nitrogens with zero attached hydrogens (tertiary/aromatic N) is 1. The summed E-state index contributed by atoms with van der Waals surface area (Å²) in [6, 6.07) is 8.31. The standard InChI is InChI=1S/C17H23BrN2O/c18-15-8-2-1-7-14(15)17(21)19-12-13-6-5-11-20-10-4-3-9-16(13)20/h1-2,7-8,13,16H,3-6,9-12H2,(H,19,21)/t13-,16+/m0/s1. The van der Waals surface area contributed by atoms with E-state index in [2.05, 4.69) is 26.1 Å². The zero-order chi connectivity index (χ0) is 14.7. The molecular formula is C17H23BrN2O. The Morgan fingerprint density at radius 2 is 2.00 bits per heavy atom. The first-order valence-electron chi connectivity index (χ1n) is 8.02. The number of fused-ring (bicyclic) bond motifs is 1. The number of amides is 1. The molecule has 2 atom stereocenters. The lowest BCUT2D eigenvalue weighted by atomic mass is 9.83. The van der Waals surface area contributed by atoms with Crippen molar-refractivity contribution in [2.45, 2.75) is 38.1 Å². The number of benzene rings is 1. The Morgan fingerprint density at radius 3 is 2.86 bits per heavy atom. The highest BCUT2D eigenvalue weighted by molar-refractivity contribution is 9.10. The summed E-state index contributed by atoms with van der Waals surface area (Å²) in [4.78, 5) is 15.0. The lowest BCUT2D eigenvalue weighted by molar-refractivity contribution is 0.0575. The quantitative estimate of drug-likeness (QED) is 0.905. The van der Waals surface area contributed by atoms with Crippen LogP contribution < -0.4 is 5.32 Å². The fourth-order valence-corrected chi connectivity index (χ4v) is 4.24. The molecule has 2 fully saturated rings. The van der Waals surface area contributed by atoms with Crippen molar-refractivity contribution in [3.05, 3.63) is 34.3 Å². The topological polar surface area (TPSA) is 32.3 Å². The van der Waals surface area contributed by atoms with Gasteiger partial charge in [0.2, 0.25) is 0 Å². The fourth-order valence-electron chi connectivity index (χ4n) is 3.78. The van der Waals surface area contributed by atoms with Crippen LogP contribution in [0.25, 0.3) is 0 Å². The van der Waals surface area contributed by atoms with Crippen LogP contribution >= 0.6 is 15.9 Å². The smallest absolute Gasteiger partial charge is 0.252 e. The Morgan fingerprint density at radius 1 is 1.19 bits per heavy atom. The van der Waals surface area contributed by atoms with Gasteiger partial charge in [-0.1, -0.05) is 18.6 Å². The molecular weight excluding hydrogens is 328 g/mol. The molecule has 1 aromatic carbocycles. The maximum atomic E-state index is 12.3. The summed E-state index contributed by atoms with van der Waals surface area (Å²) >= 11 is 3.45. The second kappa shape index (κ2) is 6.93. The molecule has 1 aromatic rings. The van der Waals surface area contributed by atoms with Crippen LogP contribution in [0, 0.1) is 5.92 Å². The lowest BCUT2D eigenvalue weighted by Gasteiger charge is -2.44. The van der Waals surface area contributed by atoms with Crippen molar-refractivity contribution in [3.63, 3.8) is 0 Å². The molecule has 1 N–H and O–H groups in total. The van der Waals surface area contributed by atoms with Gasteiger partial charge in [-0.05, 0) is 72.8 Å². The third-order valence-corrected chi connectivity index (χ3v) is 5.56. The molecule has 0 aliphatic carbocycles. The van der Waals surface area contributed by atoms with Crippen molar-refractivity contribution < 1.29 is 4.79 Å². The van der Waals surface area contributed by atoms with E-state index in [9.17, 15) is 4.79 Å². The van der Waals surface area contributed by atoms with Gasteiger partial charge in [0.25, 0.3) is 5.91 Å². The van der Waals surface area contributed by atoms with Gasteiger partial charge in [-0.25, -0.2) is 0 Å². The second-order valence-corrected chi connectivity index (χ2v) is 7.05. The predicted octanol–water partition coefficient (Wildman–Crippen LogP) is 3.44. The van der Waals surface area contributed by atoms with E-state index >= 15 is 0 Å². The van der Waals surface area contributed by atoms with Crippen LogP contribution in [-0.2, 0) is 0 Å². The number of carbonyl (C=O) groups is 1. The van der Waals surface area contributed by atoms with Crippen LogP contribution in [0.5, 0.6) is 0 Å². The molecule has 3 rings (SSSR count). The Bertz CT molecular complexity index is 503. The summed E-state index contributed by atoms with van der Waals surface area (Å²) in [5, 5.41) is 3.15. The average molecular weight is 351 g/mol. The molecule has 0 saturated carbocycles. The lowest BCUT2D eigenvalue weighted by Crippen LogP contribution is -2.51. The minimum absolute atomic E-state index is 0.0374. The first-order chi connectivity index (χ1) is 10.3. The maximum Gasteiger partial charge on any atom is 0.252 e. The molecule has 2 saturated heterocycles. The zero-order valence-corrected chi connectivity index (χ0v) is 13.9. The van der Waals surface area contributed by atoms with Gasteiger partial charge in [0.1, 0.15) is 0 Å². The Labute approximate surface area is 135 Å². The number of halogens is 1. The highest BCUT2D eigenvalue weighted by atomic mass is 79.9. The van der Waals surface area contributed by atoms with Crippen molar-refractivity contribution >= 4 is 21.8 Å². The van der Waals surface area contributed by atoms with Crippen LogP contribution in [0.2, 0.25) is 0 Å². The van der Waals surface area contributed by atoms with E-state index in [0.29, 0.717) is 12.0 Å². The van der Waals surface area contributed by atoms with Crippen LogP contribution in [0.3, 0.4) is 0 Å². The monoisotopic (exact) mass is 350 g/mol. The number of piperidine rings is 2. The van der Waals surface area contributed by atoms with Gasteiger partial charge in [0.05, 0.1) is 5.56 Å². The number of nitrogens with one attached hydrogen (secondary N) is 1. The minimum Gasteiger partial charge on any atom is -0.352 e. The molecule has 1 amide bonds. The molecule has 2 aliphatic rings. The number of hydrogen-bond acceptors (Lipinski definition) is 2. The van der Waals surface area contributed by atoms with E-state index in [4.69, 9.17) is 0 Å². The summed E-state index contributed by atoms with van der Waals surface area (Å²) in [5.41, 5.74) is 0.730. The molecule has 2 aliphatic heterocycles. The van der Waals surface area contributed by atoms with E-state index in [-0.39, 0.29) is 5.91 Å². The van der Waals surface area contributed by atoms with Gasteiger partial charge < -0.3 is 10.2 Å². The van der Waals surface area contributed by atoms with Gasteiger partial charge in [0, 0.05) is 17.1 Å². The van der Waals surface area contributed by atoms with Gasteiger partial charge >= 0.3 is 0 Å². The number of rotatable bonds is 3. The molecule has 3 nitrogen and oxygen atoms in total. The average Bonchev–Trinajstić information content (AvgIpc) is 2.53. The zero-order valence-electron chi connectivity index (χ0n) is 12.4. The van der Waals surface area contributed by atoms with E-state index in [0.717, 1.165) is 16.6 Å². The molecule has 114 valence electrons. The summed E-state index contributed by atoms with van der Waals surface area (Å²) in [5.74, 6) is 0.654. The van der Waals surface area contributed by atoms with Crippen LogP contribution in [0.4, 0.5) is 0 Å². The summed E-state index contributed by atoms with van der Waals surface area (Å²) in [6.45, 7) is 3.31. The molecule has 21 heavy (non-hydrogen) atoms. The Hall–Kier alpha value is -0.870. The predicted molar refractivity (Wildman–Crippen MR) is 88.4 cm³/mol. The van der Waals surface area contributed by atoms with E-state index in [1.54, 1.807) is 0 Å². The van der Waals surface area contributed by atoms with Gasteiger partial charge in [-0.3, -0.25) is 4.79 Å². The highest BCUT2D eigenvalue weighted by Crippen LogP contribution is 2.30. The molecule has 0 spiro atoms. The summed E-state index contributed by atoms with van der Waals surface area (Å²) < 4.78 is 0.866. The maximum absolute atomic E-state index is 12.3. The van der Waals surface area contributed by atoms with Crippen LogP contribution in [0.15, 0.2) is 28.7 Å². The Kier molecular flexibility index (Phi) is 4.96. The minimum atomic E-state index is 0.0374. The van der Waals surface area contributed by atoms with Gasteiger partial charge in [0.15, 0.2) is 0 Å². The highest BCUT2D eigenvalue weighted by Gasteiger charge is 2.32. The van der Waals surface area contributed by atoms with E-state index in [1.165, 1.54) is 45.2 Å². The van der Waals surface area contributed by atoms with Crippen LogP contribution in [0.1, 0.15) is 42.5 Å². The van der Waals surface area contributed by atoms with Crippen molar-refractivity contribution in [1.29, 1.82) is 0 Å². The summed E-state index contributed by atoms with van der Waals surface area (Å²) in [6.07, 6.45) is 6.50. The van der Waals surface area contributed by atoms with Crippen molar-refractivity contribution in [2.24, 2.45) is 5.92 Å². The largest absolute Gasteiger partial charge is 0.352 e. The second-order valence-electron chi connectivity index (χ2n) is 6.19. The normalized spacial score (nSPS) is 26.1. The number of hydrogen-bond donors (Lipinski definition) is 1. The third kappa shape index (κ3) is 3.49. The van der Waals surface area contributed by atoms with Crippen molar-refractivity contribution in [1.82, 2.24) is 10.2 Å². The first-order valence-corrected chi connectivity index (χ1v) is 8.82. The summed E-state index contributed by atoms with van der Waals surface area (Å²) in [7, 11) is 0. The number of carbonyl (C=O) groups excluding carboxylic acids is 1. The molecule has 2 heterocycles. The van der Waals surface area contributed by atoms with Crippen molar-refractivity contribution in [3.8, 4) is 0 Å². The Balaban J connectivity index is 1.59. The molecule has 4 heteroatoms. The molecule has 0 unspecified atom stereocenters. The van der Waals surface area contributed by atoms with Crippen LogP contribution in [-0.4, -0.2) is 36.5 Å². The van der Waals surface area contributed by atoms with Gasteiger partial charge in [-0.15, -0.1) is 0 Å². The molecule has 0 aromatic heterocycles. The fraction of sp³-hybridized carbons (Fsp3) is 0.588. The SMILES string of the molecule is O=C(NC[C@@H]1CCCN2CCCC[C@H]12)c1ccccc1Br. The molecule has 0 radical (unpaired) electrons.